The third-order valence-electron chi connectivity index (χ3n) is 4.36. The van der Waals surface area contributed by atoms with Crippen LogP contribution in [-0.2, 0) is 13.1 Å². The minimum atomic E-state index is -2.96. The largest absolute Gasteiger partial charge is 0.493 e. The fourth-order valence-electron chi connectivity index (χ4n) is 2.96. The number of halogens is 3. The standard InChI is InChI=1S/C21H20ClF2N3O3/c1-13-18(19(22)27(26-13)12-14-6-4-3-5-7-14)20(28)25-11-15-8-9-16(30-21(23)24)17(10-15)29-2/h3-10,21H,11-12H2,1-2H3,(H,25,28). The van der Waals surface area contributed by atoms with Crippen molar-refractivity contribution in [2.75, 3.05) is 7.11 Å². The molecule has 0 saturated heterocycles. The maximum Gasteiger partial charge on any atom is 0.387 e. The number of rotatable bonds is 8. The number of amides is 1. The molecule has 0 bridgehead atoms. The number of hydrogen-bond donors (Lipinski definition) is 1. The maximum absolute atomic E-state index is 12.7. The summed E-state index contributed by atoms with van der Waals surface area (Å²) in [5.41, 5.74) is 2.45. The highest BCUT2D eigenvalue weighted by molar-refractivity contribution is 6.33. The van der Waals surface area contributed by atoms with Crippen LogP contribution in [0, 0.1) is 6.92 Å². The van der Waals surface area contributed by atoms with Gasteiger partial charge in [0.2, 0.25) is 0 Å². The number of aromatic nitrogens is 2. The van der Waals surface area contributed by atoms with Crippen LogP contribution in [0.2, 0.25) is 5.15 Å². The Bertz CT molecular complexity index is 1030. The zero-order valence-corrected chi connectivity index (χ0v) is 17.1. The van der Waals surface area contributed by atoms with Crippen molar-refractivity contribution < 1.29 is 23.0 Å². The van der Waals surface area contributed by atoms with Gasteiger partial charge in [0.1, 0.15) is 5.15 Å². The lowest BCUT2D eigenvalue weighted by atomic mass is 10.2. The number of ether oxygens (including phenoxy) is 2. The summed E-state index contributed by atoms with van der Waals surface area (Å²) in [6.07, 6.45) is 0. The van der Waals surface area contributed by atoms with Gasteiger partial charge in [0.25, 0.3) is 5.91 Å². The van der Waals surface area contributed by atoms with E-state index >= 15 is 0 Å². The Hall–Kier alpha value is -3.13. The van der Waals surface area contributed by atoms with Crippen molar-refractivity contribution in [3.63, 3.8) is 0 Å². The summed E-state index contributed by atoms with van der Waals surface area (Å²) in [4.78, 5) is 12.7. The summed E-state index contributed by atoms with van der Waals surface area (Å²) in [5, 5.41) is 7.37. The van der Waals surface area contributed by atoms with Gasteiger partial charge in [0.05, 0.1) is 24.9 Å². The van der Waals surface area contributed by atoms with Crippen LogP contribution >= 0.6 is 11.6 Å². The number of benzene rings is 2. The molecule has 0 saturated carbocycles. The fraction of sp³-hybridized carbons (Fsp3) is 0.238. The van der Waals surface area contributed by atoms with Crippen LogP contribution in [0.3, 0.4) is 0 Å². The molecule has 1 aromatic heterocycles. The highest BCUT2D eigenvalue weighted by Gasteiger charge is 2.20. The molecule has 0 aliphatic carbocycles. The van der Waals surface area contributed by atoms with Gasteiger partial charge in [-0.15, -0.1) is 0 Å². The van der Waals surface area contributed by atoms with E-state index < -0.39 is 6.61 Å². The Balaban J connectivity index is 1.71. The van der Waals surface area contributed by atoms with Crippen LogP contribution in [0.5, 0.6) is 11.5 Å². The molecular formula is C21H20ClF2N3O3. The molecule has 0 radical (unpaired) electrons. The van der Waals surface area contributed by atoms with Crippen LogP contribution < -0.4 is 14.8 Å². The summed E-state index contributed by atoms with van der Waals surface area (Å²) in [5.74, 6) is -0.320. The third-order valence-corrected chi connectivity index (χ3v) is 4.75. The van der Waals surface area contributed by atoms with Crippen molar-refractivity contribution in [2.45, 2.75) is 26.6 Å². The van der Waals surface area contributed by atoms with Crippen LogP contribution in [0.4, 0.5) is 8.78 Å². The molecule has 3 rings (SSSR count). The van der Waals surface area contributed by atoms with Crippen LogP contribution in [0.1, 0.15) is 27.2 Å². The van der Waals surface area contributed by atoms with Gasteiger partial charge in [-0.05, 0) is 30.2 Å². The minimum absolute atomic E-state index is 0.0800. The van der Waals surface area contributed by atoms with Gasteiger partial charge < -0.3 is 14.8 Å². The van der Waals surface area contributed by atoms with Gasteiger partial charge in [-0.25, -0.2) is 4.68 Å². The molecule has 0 atom stereocenters. The minimum Gasteiger partial charge on any atom is -0.493 e. The monoisotopic (exact) mass is 435 g/mol. The Morgan fingerprint density at radius 2 is 1.90 bits per heavy atom. The highest BCUT2D eigenvalue weighted by Crippen LogP contribution is 2.29. The normalized spacial score (nSPS) is 10.9. The van der Waals surface area contributed by atoms with Crippen molar-refractivity contribution in [3.8, 4) is 11.5 Å². The smallest absolute Gasteiger partial charge is 0.387 e. The zero-order chi connectivity index (χ0) is 21.7. The first-order chi connectivity index (χ1) is 14.4. The van der Waals surface area contributed by atoms with Gasteiger partial charge in [0.15, 0.2) is 11.5 Å². The molecule has 6 nitrogen and oxygen atoms in total. The molecule has 9 heteroatoms. The number of hydrogen-bond acceptors (Lipinski definition) is 4. The number of carbonyl (C=O) groups is 1. The molecule has 2 aromatic carbocycles. The second kappa shape index (κ2) is 9.58. The number of nitrogens with zero attached hydrogens (tertiary/aromatic N) is 2. The quantitative estimate of drug-likeness (QED) is 0.568. The van der Waals surface area contributed by atoms with Gasteiger partial charge in [-0.1, -0.05) is 48.0 Å². The van der Waals surface area contributed by atoms with Crippen LogP contribution in [0.15, 0.2) is 48.5 Å². The van der Waals surface area contributed by atoms with Gasteiger partial charge >= 0.3 is 6.61 Å². The average molecular weight is 436 g/mol. The van der Waals surface area contributed by atoms with E-state index in [1.807, 2.05) is 30.3 Å². The van der Waals surface area contributed by atoms with Crippen molar-refractivity contribution in [1.29, 1.82) is 0 Å². The van der Waals surface area contributed by atoms with E-state index in [2.05, 4.69) is 15.2 Å². The molecule has 0 fully saturated rings. The Labute approximate surface area is 177 Å². The van der Waals surface area contributed by atoms with E-state index in [9.17, 15) is 13.6 Å². The van der Waals surface area contributed by atoms with Gasteiger partial charge in [-0.2, -0.15) is 13.9 Å². The molecule has 0 aliphatic heterocycles. The summed E-state index contributed by atoms with van der Waals surface area (Å²) in [7, 11) is 1.35. The van der Waals surface area contributed by atoms with Crippen LogP contribution in [-0.4, -0.2) is 29.4 Å². The Morgan fingerprint density at radius 3 is 2.57 bits per heavy atom. The maximum atomic E-state index is 12.7. The number of nitrogens with one attached hydrogen (secondary N) is 1. The van der Waals surface area contributed by atoms with E-state index in [1.165, 1.54) is 19.2 Å². The van der Waals surface area contributed by atoms with E-state index in [1.54, 1.807) is 17.7 Å². The summed E-state index contributed by atoms with van der Waals surface area (Å²) < 4.78 is 35.9. The number of carbonyl (C=O) groups excluding carboxylic acids is 1. The molecule has 30 heavy (non-hydrogen) atoms. The van der Waals surface area contributed by atoms with E-state index in [-0.39, 0.29) is 34.7 Å². The third kappa shape index (κ3) is 5.07. The van der Waals surface area contributed by atoms with E-state index in [4.69, 9.17) is 16.3 Å². The lowest BCUT2D eigenvalue weighted by Gasteiger charge is -2.12. The lowest BCUT2D eigenvalue weighted by Crippen LogP contribution is -2.23. The second-order valence-corrected chi connectivity index (χ2v) is 6.80. The molecular weight excluding hydrogens is 416 g/mol. The second-order valence-electron chi connectivity index (χ2n) is 6.44. The lowest BCUT2D eigenvalue weighted by molar-refractivity contribution is -0.0512. The summed E-state index contributed by atoms with van der Waals surface area (Å²) >= 11 is 6.41. The van der Waals surface area contributed by atoms with E-state index in [0.29, 0.717) is 17.8 Å². The summed E-state index contributed by atoms with van der Waals surface area (Å²) in [6.45, 7) is -0.663. The number of methoxy groups -OCH3 is 1. The van der Waals surface area contributed by atoms with Crippen molar-refractivity contribution >= 4 is 17.5 Å². The Kier molecular flexibility index (Phi) is 6.89. The number of aryl methyl sites for hydroxylation is 1. The van der Waals surface area contributed by atoms with E-state index in [0.717, 1.165) is 5.56 Å². The van der Waals surface area contributed by atoms with Crippen molar-refractivity contribution in [3.05, 3.63) is 76.1 Å². The fourth-order valence-corrected chi connectivity index (χ4v) is 3.28. The first-order valence-corrected chi connectivity index (χ1v) is 9.43. The predicted molar refractivity (Wildman–Crippen MR) is 108 cm³/mol. The zero-order valence-electron chi connectivity index (χ0n) is 16.4. The first-order valence-electron chi connectivity index (χ1n) is 9.05. The average Bonchev–Trinajstić information content (AvgIpc) is 3.00. The molecule has 1 N–H and O–H groups in total. The van der Waals surface area contributed by atoms with Crippen LogP contribution in [0.25, 0.3) is 0 Å². The van der Waals surface area contributed by atoms with Gasteiger partial charge in [0, 0.05) is 6.54 Å². The SMILES string of the molecule is COc1cc(CNC(=O)c2c(C)nn(Cc3ccccc3)c2Cl)ccc1OC(F)F. The topological polar surface area (TPSA) is 65.4 Å². The molecule has 1 heterocycles. The van der Waals surface area contributed by atoms with Crippen molar-refractivity contribution in [2.24, 2.45) is 0 Å². The Morgan fingerprint density at radius 1 is 1.17 bits per heavy atom. The molecule has 1 amide bonds. The summed E-state index contributed by atoms with van der Waals surface area (Å²) in [6, 6.07) is 14.1. The van der Waals surface area contributed by atoms with Crippen molar-refractivity contribution in [1.82, 2.24) is 15.1 Å². The molecule has 3 aromatic rings. The predicted octanol–water partition coefficient (Wildman–Crippen LogP) is 4.43. The molecule has 0 spiro atoms. The number of alkyl halides is 2. The van der Waals surface area contributed by atoms with Gasteiger partial charge in [-0.3, -0.25) is 4.79 Å². The molecule has 158 valence electrons. The first kappa shape index (κ1) is 21.6. The molecule has 0 unspecified atom stereocenters. The molecule has 0 aliphatic rings. The highest BCUT2D eigenvalue weighted by atomic mass is 35.5.